The predicted octanol–water partition coefficient (Wildman–Crippen LogP) is 4.87. The number of H-pyrrole nitrogens is 1. The maximum Gasteiger partial charge on any atom is 0.255 e. The summed E-state index contributed by atoms with van der Waals surface area (Å²) in [6, 6.07) is 15.6. The first-order chi connectivity index (χ1) is 16.1. The molecule has 0 unspecified atom stereocenters. The molecular formula is C26H24N4O3. The molecule has 33 heavy (non-hydrogen) atoms. The number of amides is 1. The van der Waals surface area contributed by atoms with Gasteiger partial charge in [-0.05, 0) is 59.5 Å². The second kappa shape index (κ2) is 8.43. The monoisotopic (exact) mass is 440 g/mol. The standard InChI is InChI=1S/C26H24N4O3/c1-16(17-5-4-6-21(9-17)32-2)30-15-24-22(18-7-8-25(33-3)27-12-18)10-19(11-23(24)26(30)31)20-13-28-29-14-20/h4-14,16H,15H2,1-3H3,(H,28,29)/t16-/m1/s1. The van der Waals surface area contributed by atoms with Crippen LogP contribution in [0.2, 0.25) is 0 Å². The molecule has 0 spiro atoms. The Balaban J connectivity index is 1.59. The van der Waals surface area contributed by atoms with Gasteiger partial charge in [0, 0.05) is 41.7 Å². The Labute approximate surface area is 192 Å². The van der Waals surface area contributed by atoms with Gasteiger partial charge in [0.05, 0.1) is 26.5 Å². The number of pyridine rings is 1. The number of fused-ring (bicyclic) bond motifs is 1. The van der Waals surface area contributed by atoms with E-state index in [1.807, 2.05) is 60.5 Å². The van der Waals surface area contributed by atoms with Crippen LogP contribution in [0.5, 0.6) is 11.6 Å². The zero-order chi connectivity index (χ0) is 22.9. The third kappa shape index (κ3) is 3.71. The van der Waals surface area contributed by atoms with Gasteiger partial charge in [0.1, 0.15) is 5.75 Å². The molecule has 166 valence electrons. The summed E-state index contributed by atoms with van der Waals surface area (Å²) >= 11 is 0. The smallest absolute Gasteiger partial charge is 0.255 e. The first kappa shape index (κ1) is 20.8. The Bertz CT molecular complexity index is 1300. The minimum atomic E-state index is -0.112. The van der Waals surface area contributed by atoms with Gasteiger partial charge in [-0.1, -0.05) is 12.1 Å². The quantitative estimate of drug-likeness (QED) is 0.463. The highest BCUT2D eigenvalue weighted by atomic mass is 16.5. The van der Waals surface area contributed by atoms with E-state index < -0.39 is 0 Å². The van der Waals surface area contributed by atoms with E-state index >= 15 is 0 Å². The molecule has 3 heterocycles. The van der Waals surface area contributed by atoms with Crippen LogP contribution in [0.1, 0.15) is 34.5 Å². The Kier molecular flexibility index (Phi) is 5.30. The SMILES string of the molecule is COc1cccc([C@@H](C)N2Cc3c(cc(-c4cn[nH]c4)cc3-c3ccc(OC)nc3)C2=O)c1. The molecule has 0 bridgehead atoms. The average Bonchev–Trinajstić information content (AvgIpc) is 3.52. The molecule has 1 atom stereocenters. The van der Waals surface area contributed by atoms with Crippen LogP contribution in [0.3, 0.4) is 0 Å². The van der Waals surface area contributed by atoms with Crippen LogP contribution in [0, 0.1) is 0 Å². The summed E-state index contributed by atoms with van der Waals surface area (Å²) < 4.78 is 10.6. The first-order valence-electron chi connectivity index (χ1n) is 10.7. The fourth-order valence-electron chi connectivity index (χ4n) is 4.32. The highest BCUT2D eigenvalue weighted by Gasteiger charge is 2.34. The second-order valence-electron chi connectivity index (χ2n) is 8.01. The van der Waals surface area contributed by atoms with Gasteiger partial charge in [-0.15, -0.1) is 0 Å². The van der Waals surface area contributed by atoms with Crippen molar-refractivity contribution in [2.24, 2.45) is 0 Å². The number of benzene rings is 2. The number of hydrogen-bond donors (Lipinski definition) is 1. The van der Waals surface area contributed by atoms with Gasteiger partial charge in [-0.25, -0.2) is 4.98 Å². The van der Waals surface area contributed by atoms with E-state index in [9.17, 15) is 4.79 Å². The Morgan fingerprint density at radius 1 is 0.970 bits per heavy atom. The molecule has 2 aromatic heterocycles. The van der Waals surface area contributed by atoms with E-state index in [0.29, 0.717) is 18.0 Å². The maximum atomic E-state index is 13.6. The van der Waals surface area contributed by atoms with Crippen LogP contribution >= 0.6 is 0 Å². The lowest BCUT2D eigenvalue weighted by molar-refractivity contribution is 0.0715. The number of ether oxygens (including phenoxy) is 2. The van der Waals surface area contributed by atoms with Gasteiger partial charge < -0.3 is 14.4 Å². The summed E-state index contributed by atoms with van der Waals surface area (Å²) in [4.78, 5) is 19.9. The molecule has 1 aliphatic heterocycles. The van der Waals surface area contributed by atoms with Crippen LogP contribution in [0.15, 0.2) is 67.1 Å². The van der Waals surface area contributed by atoms with Crippen molar-refractivity contribution < 1.29 is 14.3 Å². The van der Waals surface area contributed by atoms with Crippen molar-refractivity contribution in [2.75, 3.05) is 14.2 Å². The van der Waals surface area contributed by atoms with Crippen molar-refractivity contribution in [1.82, 2.24) is 20.1 Å². The number of hydrogen-bond acceptors (Lipinski definition) is 5. The van der Waals surface area contributed by atoms with Crippen LogP contribution < -0.4 is 9.47 Å². The number of rotatable bonds is 6. The van der Waals surface area contributed by atoms with E-state index in [0.717, 1.165) is 39.1 Å². The number of carbonyl (C=O) groups excluding carboxylic acids is 1. The van der Waals surface area contributed by atoms with E-state index in [1.165, 1.54) is 0 Å². The van der Waals surface area contributed by atoms with Crippen LogP contribution in [0.4, 0.5) is 0 Å². The van der Waals surface area contributed by atoms with Gasteiger partial charge >= 0.3 is 0 Å². The number of carbonyl (C=O) groups is 1. The van der Waals surface area contributed by atoms with Crippen molar-refractivity contribution in [1.29, 1.82) is 0 Å². The van der Waals surface area contributed by atoms with Gasteiger partial charge in [-0.3, -0.25) is 9.89 Å². The fraction of sp³-hybridized carbons (Fsp3) is 0.192. The molecule has 0 radical (unpaired) electrons. The normalized spacial score (nSPS) is 13.7. The third-order valence-electron chi connectivity index (χ3n) is 6.20. The fourth-order valence-corrected chi connectivity index (χ4v) is 4.32. The lowest BCUT2D eigenvalue weighted by atomic mass is 9.93. The van der Waals surface area contributed by atoms with Crippen molar-refractivity contribution in [3.63, 3.8) is 0 Å². The van der Waals surface area contributed by atoms with Gasteiger partial charge in [-0.2, -0.15) is 5.10 Å². The van der Waals surface area contributed by atoms with Gasteiger partial charge in [0.25, 0.3) is 5.91 Å². The predicted molar refractivity (Wildman–Crippen MR) is 125 cm³/mol. The van der Waals surface area contributed by atoms with E-state index in [2.05, 4.69) is 21.2 Å². The molecule has 0 fully saturated rings. The lowest BCUT2D eigenvalue weighted by Crippen LogP contribution is -2.27. The molecule has 1 aliphatic rings. The second-order valence-corrected chi connectivity index (χ2v) is 8.01. The zero-order valence-corrected chi connectivity index (χ0v) is 18.7. The molecule has 2 aromatic carbocycles. The van der Waals surface area contributed by atoms with Crippen molar-refractivity contribution in [3.05, 3.63) is 83.8 Å². The molecule has 0 saturated heterocycles. The first-order valence-corrected chi connectivity index (χ1v) is 10.7. The maximum absolute atomic E-state index is 13.6. The summed E-state index contributed by atoms with van der Waals surface area (Å²) in [7, 11) is 3.24. The highest BCUT2D eigenvalue weighted by molar-refractivity contribution is 6.02. The minimum absolute atomic E-state index is 0.00776. The minimum Gasteiger partial charge on any atom is -0.497 e. The molecule has 1 amide bonds. The number of nitrogens with one attached hydrogen (secondary N) is 1. The van der Waals surface area contributed by atoms with E-state index in [1.54, 1.807) is 26.6 Å². The topological polar surface area (TPSA) is 80.3 Å². The van der Waals surface area contributed by atoms with Gasteiger partial charge in [0.2, 0.25) is 5.88 Å². The van der Waals surface area contributed by atoms with Gasteiger partial charge in [0.15, 0.2) is 0 Å². The molecule has 1 N–H and O–H groups in total. The van der Waals surface area contributed by atoms with Crippen LogP contribution in [0.25, 0.3) is 22.3 Å². The molecule has 7 nitrogen and oxygen atoms in total. The van der Waals surface area contributed by atoms with Crippen LogP contribution in [-0.4, -0.2) is 40.2 Å². The average molecular weight is 441 g/mol. The van der Waals surface area contributed by atoms with Crippen molar-refractivity contribution >= 4 is 5.91 Å². The Hall–Kier alpha value is -4.13. The molecule has 5 rings (SSSR count). The van der Waals surface area contributed by atoms with E-state index in [4.69, 9.17) is 9.47 Å². The molecule has 7 heteroatoms. The summed E-state index contributed by atoms with van der Waals surface area (Å²) in [5.74, 6) is 1.33. The molecule has 0 saturated carbocycles. The largest absolute Gasteiger partial charge is 0.497 e. The summed E-state index contributed by atoms with van der Waals surface area (Å²) in [6.07, 6.45) is 5.37. The molecular weight excluding hydrogens is 416 g/mol. The number of aromatic amines is 1. The Morgan fingerprint density at radius 2 is 1.82 bits per heavy atom. The van der Waals surface area contributed by atoms with Crippen molar-refractivity contribution in [3.8, 4) is 33.9 Å². The van der Waals surface area contributed by atoms with Crippen LogP contribution in [-0.2, 0) is 6.54 Å². The zero-order valence-electron chi connectivity index (χ0n) is 18.7. The number of methoxy groups -OCH3 is 2. The highest BCUT2D eigenvalue weighted by Crippen LogP contribution is 2.40. The number of nitrogens with zero attached hydrogens (tertiary/aromatic N) is 3. The molecule has 4 aromatic rings. The summed E-state index contributed by atoms with van der Waals surface area (Å²) in [6.45, 7) is 2.56. The molecule has 0 aliphatic carbocycles. The Morgan fingerprint density at radius 3 is 2.52 bits per heavy atom. The number of aromatic nitrogens is 3. The van der Waals surface area contributed by atoms with Crippen molar-refractivity contribution in [2.45, 2.75) is 19.5 Å². The van der Waals surface area contributed by atoms with E-state index in [-0.39, 0.29) is 11.9 Å². The summed E-state index contributed by atoms with van der Waals surface area (Å²) in [5, 5.41) is 6.93. The lowest BCUT2D eigenvalue weighted by Gasteiger charge is -2.25. The summed E-state index contributed by atoms with van der Waals surface area (Å²) in [5.41, 5.74) is 6.49. The third-order valence-corrected chi connectivity index (χ3v) is 6.20.